The third-order valence-corrected chi connectivity index (χ3v) is 4.34. The minimum absolute atomic E-state index is 0.0729. The van der Waals surface area contributed by atoms with Crippen molar-refractivity contribution in [2.75, 3.05) is 5.75 Å². The van der Waals surface area contributed by atoms with Gasteiger partial charge in [-0.1, -0.05) is 27.7 Å². The summed E-state index contributed by atoms with van der Waals surface area (Å²) >= 11 is 4.73. The molecule has 1 aliphatic heterocycles. The SMILES string of the molecule is Cc1cc(Br)c(C)c(C=NN=C2NC(=O)CS2)c1O. The van der Waals surface area contributed by atoms with E-state index in [0.717, 1.165) is 15.6 Å². The summed E-state index contributed by atoms with van der Waals surface area (Å²) in [5.41, 5.74) is 2.26. The van der Waals surface area contributed by atoms with Gasteiger partial charge in [-0.3, -0.25) is 4.79 Å². The van der Waals surface area contributed by atoms with E-state index in [9.17, 15) is 9.90 Å². The molecule has 0 aliphatic carbocycles. The topological polar surface area (TPSA) is 74.0 Å². The number of thioether (sulfide) groups is 1. The van der Waals surface area contributed by atoms with Crippen LogP contribution < -0.4 is 5.32 Å². The second-order valence-electron chi connectivity index (χ2n) is 4.05. The predicted octanol–water partition coefficient (Wildman–Crippen LogP) is 2.32. The molecule has 1 aliphatic rings. The Morgan fingerprint density at radius 3 is 2.89 bits per heavy atom. The van der Waals surface area contributed by atoms with Crippen molar-refractivity contribution in [1.29, 1.82) is 0 Å². The smallest absolute Gasteiger partial charge is 0.236 e. The van der Waals surface area contributed by atoms with E-state index in [1.165, 1.54) is 18.0 Å². The second kappa shape index (κ2) is 5.75. The molecule has 0 unspecified atom stereocenters. The van der Waals surface area contributed by atoms with E-state index in [4.69, 9.17) is 0 Å². The van der Waals surface area contributed by atoms with E-state index in [1.807, 2.05) is 19.9 Å². The molecular formula is C12H12BrN3O2S. The summed E-state index contributed by atoms with van der Waals surface area (Å²) in [7, 11) is 0. The molecule has 2 N–H and O–H groups in total. The molecule has 0 bridgehead atoms. The van der Waals surface area contributed by atoms with Gasteiger partial charge in [0.1, 0.15) is 5.75 Å². The van der Waals surface area contributed by atoms with Gasteiger partial charge in [-0.2, -0.15) is 5.10 Å². The van der Waals surface area contributed by atoms with E-state index in [-0.39, 0.29) is 11.7 Å². The number of hydrogen-bond donors (Lipinski definition) is 2. The molecule has 1 aromatic carbocycles. The van der Waals surface area contributed by atoms with Gasteiger partial charge in [0.25, 0.3) is 0 Å². The molecule has 0 radical (unpaired) electrons. The maximum Gasteiger partial charge on any atom is 0.236 e. The second-order valence-corrected chi connectivity index (χ2v) is 5.87. The van der Waals surface area contributed by atoms with Crippen molar-refractivity contribution < 1.29 is 9.90 Å². The number of rotatable bonds is 2. The molecule has 0 spiro atoms. The van der Waals surface area contributed by atoms with Gasteiger partial charge < -0.3 is 10.4 Å². The Balaban J connectivity index is 2.26. The number of aromatic hydroxyl groups is 1. The zero-order valence-electron chi connectivity index (χ0n) is 10.4. The van der Waals surface area contributed by atoms with Crippen molar-refractivity contribution in [2.45, 2.75) is 13.8 Å². The summed E-state index contributed by atoms with van der Waals surface area (Å²) in [5.74, 6) is 0.485. The molecule has 0 atom stereocenters. The molecule has 1 heterocycles. The number of halogens is 1. The number of hydrogen-bond acceptors (Lipinski definition) is 5. The third-order valence-electron chi connectivity index (χ3n) is 2.66. The number of phenolic OH excluding ortho intramolecular Hbond substituents is 1. The fourth-order valence-electron chi connectivity index (χ4n) is 1.56. The van der Waals surface area contributed by atoms with E-state index >= 15 is 0 Å². The van der Waals surface area contributed by atoms with Crippen molar-refractivity contribution in [1.82, 2.24) is 5.32 Å². The van der Waals surface area contributed by atoms with Gasteiger partial charge in [0, 0.05) is 10.0 Å². The minimum atomic E-state index is -0.0729. The normalized spacial score (nSPS) is 17.4. The van der Waals surface area contributed by atoms with Crippen LogP contribution in [0.2, 0.25) is 0 Å². The molecule has 5 nitrogen and oxygen atoms in total. The Bertz CT molecular complexity index is 573. The largest absolute Gasteiger partial charge is 0.507 e. The Hall–Kier alpha value is -1.34. The van der Waals surface area contributed by atoms with Gasteiger partial charge in [-0.15, -0.1) is 5.10 Å². The highest BCUT2D eigenvalue weighted by Crippen LogP contribution is 2.30. The number of phenols is 1. The van der Waals surface area contributed by atoms with E-state index in [2.05, 4.69) is 31.4 Å². The summed E-state index contributed by atoms with van der Waals surface area (Å²) in [6.07, 6.45) is 1.49. The first kappa shape index (κ1) is 14.1. The van der Waals surface area contributed by atoms with Crippen molar-refractivity contribution in [2.24, 2.45) is 10.2 Å². The molecule has 19 heavy (non-hydrogen) atoms. The van der Waals surface area contributed by atoms with Crippen LogP contribution in [0.4, 0.5) is 0 Å². The Morgan fingerprint density at radius 1 is 1.53 bits per heavy atom. The first-order valence-electron chi connectivity index (χ1n) is 5.51. The summed E-state index contributed by atoms with van der Waals surface area (Å²) in [6.45, 7) is 3.69. The van der Waals surface area contributed by atoms with Gasteiger partial charge in [0.15, 0.2) is 5.17 Å². The Morgan fingerprint density at radius 2 is 2.26 bits per heavy atom. The number of amidine groups is 1. The van der Waals surface area contributed by atoms with E-state index in [1.54, 1.807) is 0 Å². The van der Waals surface area contributed by atoms with E-state index in [0.29, 0.717) is 16.5 Å². The standard InChI is InChI=1S/C12H12BrN3O2S/c1-6-3-9(13)7(2)8(11(6)18)4-14-16-12-15-10(17)5-19-12/h3-4,18H,5H2,1-2H3,(H,15,16,17). The summed E-state index contributed by atoms with van der Waals surface area (Å²) < 4.78 is 0.903. The van der Waals surface area contributed by atoms with E-state index < -0.39 is 0 Å². The molecule has 1 amide bonds. The lowest BCUT2D eigenvalue weighted by atomic mass is 10.0. The highest BCUT2D eigenvalue weighted by Gasteiger charge is 2.16. The lowest BCUT2D eigenvalue weighted by Gasteiger charge is -2.08. The average molecular weight is 342 g/mol. The average Bonchev–Trinajstić information content (AvgIpc) is 2.77. The zero-order valence-corrected chi connectivity index (χ0v) is 12.8. The fourth-order valence-corrected chi connectivity index (χ4v) is 2.75. The monoisotopic (exact) mass is 341 g/mol. The molecule has 1 aromatic rings. The van der Waals surface area contributed by atoms with Gasteiger partial charge in [0.2, 0.25) is 5.91 Å². The molecule has 2 rings (SSSR count). The van der Waals surface area contributed by atoms with Crippen LogP contribution in [0.15, 0.2) is 20.7 Å². The Kier molecular flexibility index (Phi) is 4.26. The molecule has 0 saturated carbocycles. The highest BCUT2D eigenvalue weighted by atomic mass is 79.9. The van der Waals surface area contributed by atoms with Gasteiger partial charge >= 0.3 is 0 Å². The summed E-state index contributed by atoms with van der Waals surface area (Å²) in [6, 6.07) is 1.85. The Labute approximate surface area is 123 Å². The van der Waals surface area contributed by atoms with Crippen LogP contribution >= 0.6 is 27.7 Å². The van der Waals surface area contributed by atoms with Crippen LogP contribution in [-0.4, -0.2) is 28.1 Å². The van der Waals surface area contributed by atoms with Crippen molar-refractivity contribution in [3.05, 3.63) is 27.2 Å². The zero-order chi connectivity index (χ0) is 14.0. The lowest BCUT2D eigenvalue weighted by Crippen LogP contribution is -2.19. The van der Waals surface area contributed by atoms with Gasteiger partial charge in [-0.25, -0.2) is 0 Å². The molecule has 1 saturated heterocycles. The third kappa shape index (κ3) is 3.16. The van der Waals surface area contributed by atoms with Gasteiger partial charge in [0.05, 0.1) is 12.0 Å². The minimum Gasteiger partial charge on any atom is -0.507 e. The number of aryl methyl sites for hydroxylation is 1. The van der Waals surface area contributed by atoms with Crippen LogP contribution in [0.5, 0.6) is 5.75 Å². The van der Waals surface area contributed by atoms with Crippen LogP contribution in [0, 0.1) is 13.8 Å². The summed E-state index contributed by atoms with van der Waals surface area (Å²) in [5, 5.41) is 20.9. The van der Waals surface area contributed by atoms with Crippen LogP contribution in [0.25, 0.3) is 0 Å². The first-order valence-corrected chi connectivity index (χ1v) is 7.29. The van der Waals surface area contributed by atoms with Crippen LogP contribution in [-0.2, 0) is 4.79 Å². The molecular weight excluding hydrogens is 330 g/mol. The number of nitrogens with zero attached hydrogens (tertiary/aromatic N) is 2. The van der Waals surface area contributed by atoms with Crippen molar-refractivity contribution in [3.8, 4) is 5.75 Å². The lowest BCUT2D eigenvalue weighted by molar-refractivity contribution is -0.116. The van der Waals surface area contributed by atoms with Crippen molar-refractivity contribution in [3.63, 3.8) is 0 Å². The van der Waals surface area contributed by atoms with Crippen molar-refractivity contribution >= 4 is 45.0 Å². The first-order chi connectivity index (χ1) is 8.99. The van der Waals surface area contributed by atoms with Crippen LogP contribution in [0.3, 0.4) is 0 Å². The quantitative estimate of drug-likeness (QED) is 0.640. The summed E-state index contributed by atoms with van der Waals surface area (Å²) in [4.78, 5) is 11.0. The molecule has 1 fully saturated rings. The molecule has 0 aromatic heterocycles. The maximum absolute atomic E-state index is 11.0. The number of benzene rings is 1. The van der Waals surface area contributed by atoms with Gasteiger partial charge in [-0.05, 0) is 31.0 Å². The molecule has 7 heteroatoms. The highest BCUT2D eigenvalue weighted by molar-refractivity contribution is 9.10. The number of amides is 1. The predicted molar refractivity (Wildman–Crippen MR) is 80.9 cm³/mol. The van der Waals surface area contributed by atoms with Crippen LogP contribution in [0.1, 0.15) is 16.7 Å². The molecule has 100 valence electrons. The number of nitrogens with one attached hydrogen (secondary N) is 1. The maximum atomic E-state index is 11.0. The number of carbonyl (C=O) groups is 1. The number of carbonyl (C=O) groups excluding carboxylic acids is 1. The fraction of sp³-hybridized carbons (Fsp3) is 0.250.